The van der Waals surface area contributed by atoms with E-state index in [-0.39, 0.29) is 6.03 Å². The Bertz CT molecular complexity index is 367. The monoisotopic (exact) mass is 340 g/mol. The van der Waals surface area contributed by atoms with Gasteiger partial charge in [-0.05, 0) is 43.9 Å². The summed E-state index contributed by atoms with van der Waals surface area (Å²) in [5.74, 6) is 0. The molecular weight excluding hydrogens is 304 g/mol. The number of amides is 2. The minimum absolute atomic E-state index is 0.0928. The van der Waals surface area contributed by atoms with E-state index >= 15 is 0 Å². The van der Waals surface area contributed by atoms with Gasteiger partial charge in [-0.2, -0.15) is 0 Å². The first-order valence-electron chi connectivity index (χ1n) is 9.70. The molecule has 2 aliphatic rings. The van der Waals surface area contributed by atoms with Crippen molar-refractivity contribution >= 4 is 6.03 Å². The fourth-order valence-electron chi connectivity index (χ4n) is 3.37. The van der Waals surface area contributed by atoms with Crippen molar-refractivity contribution in [1.29, 1.82) is 0 Å². The van der Waals surface area contributed by atoms with Gasteiger partial charge in [0.05, 0.1) is 12.2 Å². The number of carbonyl (C=O) groups excluding carboxylic acids is 1. The number of carbonyl (C=O) groups is 1. The highest BCUT2D eigenvalue weighted by molar-refractivity contribution is 5.74. The van der Waals surface area contributed by atoms with Gasteiger partial charge in [-0.25, -0.2) is 4.79 Å². The Morgan fingerprint density at radius 2 is 1.71 bits per heavy atom. The molecule has 0 aromatic carbocycles. The SMILES string of the molecule is CC(C)(C)CCCCNC(=O)N1CCC(OC2CCOCC2)CC1. The molecule has 2 saturated heterocycles. The molecule has 0 aromatic heterocycles. The predicted molar refractivity (Wildman–Crippen MR) is 96.2 cm³/mol. The summed E-state index contributed by atoms with van der Waals surface area (Å²) in [6.07, 6.45) is 8.03. The number of nitrogens with zero attached hydrogens (tertiary/aromatic N) is 1. The second kappa shape index (κ2) is 9.62. The molecule has 0 radical (unpaired) electrons. The van der Waals surface area contributed by atoms with E-state index in [1.165, 1.54) is 12.8 Å². The largest absolute Gasteiger partial charge is 0.381 e. The lowest BCUT2D eigenvalue weighted by Gasteiger charge is -2.34. The van der Waals surface area contributed by atoms with E-state index < -0.39 is 0 Å². The van der Waals surface area contributed by atoms with Crippen LogP contribution in [0.4, 0.5) is 4.79 Å². The van der Waals surface area contributed by atoms with E-state index in [1.54, 1.807) is 0 Å². The van der Waals surface area contributed by atoms with Crippen molar-refractivity contribution in [2.75, 3.05) is 32.8 Å². The van der Waals surface area contributed by atoms with Crippen LogP contribution < -0.4 is 5.32 Å². The van der Waals surface area contributed by atoms with Crippen LogP contribution in [0.2, 0.25) is 0 Å². The smallest absolute Gasteiger partial charge is 0.317 e. The highest BCUT2D eigenvalue weighted by atomic mass is 16.5. The second-order valence-electron chi connectivity index (χ2n) is 8.38. The third kappa shape index (κ3) is 7.39. The van der Waals surface area contributed by atoms with Crippen LogP contribution in [0.1, 0.15) is 65.7 Å². The Morgan fingerprint density at radius 3 is 2.33 bits per heavy atom. The zero-order chi connectivity index (χ0) is 17.4. The van der Waals surface area contributed by atoms with E-state index in [9.17, 15) is 4.79 Å². The summed E-state index contributed by atoms with van der Waals surface area (Å²) in [7, 11) is 0. The average Bonchev–Trinajstić information content (AvgIpc) is 2.55. The number of nitrogens with one attached hydrogen (secondary N) is 1. The highest BCUT2D eigenvalue weighted by Crippen LogP contribution is 2.21. The summed E-state index contributed by atoms with van der Waals surface area (Å²) in [4.78, 5) is 14.2. The molecule has 2 amide bonds. The van der Waals surface area contributed by atoms with Crippen molar-refractivity contribution in [3.05, 3.63) is 0 Å². The molecule has 5 nitrogen and oxygen atoms in total. The van der Waals surface area contributed by atoms with E-state index in [2.05, 4.69) is 26.1 Å². The maximum absolute atomic E-state index is 12.2. The molecule has 2 fully saturated rings. The molecule has 2 rings (SSSR count). The Labute approximate surface area is 147 Å². The minimum atomic E-state index is 0.0928. The number of piperidine rings is 1. The Balaban J connectivity index is 1.55. The molecule has 5 heteroatoms. The summed E-state index contributed by atoms with van der Waals surface area (Å²) in [5, 5.41) is 3.06. The van der Waals surface area contributed by atoms with Crippen LogP contribution in [0.15, 0.2) is 0 Å². The Hall–Kier alpha value is -0.810. The lowest BCUT2D eigenvalue weighted by molar-refractivity contribution is -0.0818. The van der Waals surface area contributed by atoms with Gasteiger partial charge in [-0.3, -0.25) is 0 Å². The first kappa shape index (κ1) is 19.5. The van der Waals surface area contributed by atoms with Crippen molar-refractivity contribution in [3.8, 4) is 0 Å². The zero-order valence-electron chi connectivity index (χ0n) is 15.8. The normalized spacial score (nSPS) is 21.0. The number of likely N-dealkylation sites (tertiary alicyclic amines) is 1. The van der Waals surface area contributed by atoms with Gasteiger partial charge >= 0.3 is 6.03 Å². The summed E-state index contributed by atoms with van der Waals surface area (Å²) in [6.45, 7) is 10.8. The molecule has 0 spiro atoms. The van der Waals surface area contributed by atoms with Gasteiger partial charge < -0.3 is 19.7 Å². The molecule has 0 aromatic rings. The van der Waals surface area contributed by atoms with Crippen molar-refractivity contribution in [2.24, 2.45) is 5.41 Å². The van der Waals surface area contributed by atoms with Gasteiger partial charge in [-0.15, -0.1) is 0 Å². The average molecular weight is 341 g/mol. The van der Waals surface area contributed by atoms with Crippen LogP contribution in [-0.4, -0.2) is 56.0 Å². The number of hydrogen-bond donors (Lipinski definition) is 1. The Kier molecular flexibility index (Phi) is 7.82. The third-order valence-electron chi connectivity index (χ3n) is 4.91. The Morgan fingerprint density at radius 1 is 1.08 bits per heavy atom. The molecule has 1 N–H and O–H groups in total. The van der Waals surface area contributed by atoms with E-state index in [4.69, 9.17) is 9.47 Å². The van der Waals surface area contributed by atoms with Crippen LogP contribution in [0.5, 0.6) is 0 Å². The number of urea groups is 1. The quantitative estimate of drug-likeness (QED) is 0.752. The van der Waals surface area contributed by atoms with E-state index in [1.807, 2.05) is 4.90 Å². The van der Waals surface area contributed by atoms with Gasteiger partial charge in [0, 0.05) is 32.8 Å². The van der Waals surface area contributed by atoms with Crippen molar-refractivity contribution in [1.82, 2.24) is 10.2 Å². The number of rotatable bonds is 6. The second-order valence-corrected chi connectivity index (χ2v) is 8.38. The van der Waals surface area contributed by atoms with E-state index in [0.717, 1.165) is 65.0 Å². The van der Waals surface area contributed by atoms with Gasteiger partial charge in [0.15, 0.2) is 0 Å². The molecular formula is C19H36N2O3. The molecule has 140 valence electrons. The molecule has 2 aliphatic heterocycles. The maximum atomic E-state index is 12.2. The fraction of sp³-hybridized carbons (Fsp3) is 0.947. The van der Waals surface area contributed by atoms with Crippen LogP contribution in [0.25, 0.3) is 0 Å². The summed E-state index contributed by atoms with van der Waals surface area (Å²) in [5.41, 5.74) is 0.385. The maximum Gasteiger partial charge on any atom is 0.317 e. The number of ether oxygens (including phenoxy) is 2. The molecule has 0 bridgehead atoms. The van der Waals surface area contributed by atoms with Gasteiger partial charge in [0.2, 0.25) is 0 Å². The zero-order valence-corrected chi connectivity index (χ0v) is 15.8. The topological polar surface area (TPSA) is 50.8 Å². The molecule has 0 saturated carbocycles. The summed E-state index contributed by atoms with van der Waals surface area (Å²) >= 11 is 0. The molecule has 0 unspecified atom stereocenters. The predicted octanol–water partition coefficient (Wildman–Crippen LogP) is 3.57. The van der Waals surface area contributed by atoms with Gasteiger partial charge in [-0.1, -0.05) is 27.2 Å². The summed E-state index contributed by atoms with van der Waals surface area (Å²) < 4.78 is 11.5. The van der Waals surface area contributed by atoms with Crippen molar-refractivity contribution < 1.29 is 14.3 Å². The third-order valence-corrected chi connectivity index (χ3v) is 4.91. The van der Waals surface area contributed by atoms with Crippen LogP contribution in [0.3, 0.4) is 0 Å². The van der Waals surface area contributed by atoms with Crippen LogP contribution in [-0.2, 0) is 9.47 Å². The number of unbranched alkanes of at least 4 members (excludes halogenated alkanes) is 1. The van der Waals surface area contributed by atoms with Crippen molar-refractivity contribution in [3.63, 3.8) is 0 Å². The molecule has 0 aliphatic carbocycles. The van der Waals surface area contributed by atoms with Crippen molar-refractivity contribution in [2.45, 2.75) is 77.9 Å². The standard InChI is InChI=1S/C19H36N2O3/c1-19(2,3)10-4-5-11-20-18(22)21-12-6-16(7-13-21)24-17-8-14-23-15-9-17/h16-17H,4-15H2,1-3H3,(H,20,22). The van der Waals surface area contributed by atoms with Gasteiger partial charge in [0.25, 0.3) is 0 Å². The van der Waals surface area contributed by atoms with Gasteiger partial charge in [0.1, 0.15) is 0 Å². The lowest BCUT2D eigenvalue weighted by atomic mass is 9.90. The van der Waals surface area contributed by atoms with Crippen LogP contribution in [0, 0.1) is 5.41 Å². The first-order valence-corrected chi connectivity index (χ1v) is 9.70. The fourth-order valence-corrected chi connectivity index (χ4v) is 3.37. The van der Waals surface area contributed by atoms with E-state index in [0.29, 0.717) is 17.6 Å². The summed E-state index contributed by atoms with van der Waals surface area (Å²) in [6, 6.07) is 0.0928. The number of hydrogen-bond acceptors (Lipinski definition) is 3. The molecule has 2 heterocycles. The minimum Gasteiger partial charge on any atom is -0.381 e. The first-order chi connectivity index (χ1) is 11.4. The highest BCUT2D eigenvalue weighted by Gasteiger charge is 2.26. The van der Waals surface area contributed by atoms with Crippen LogP contribution >= 0.6 is 0 Å². The lowest BCUT2D eigenvalue weighted by Crippen LogP contribution is -2.46. The molecule has 0 atom stereocenters. The molecule has 24 heavy (non-hydrogen) atoms.